The van der Waals surface area contributed by atoms with Crippen LogP contribution in [-0.4, -0.2) is 22.3 Å². The quantitative estimate of drug-likeness (QED) is 0.861. The van der Waals surface area contributed by atoms with E-state index in [1.807, 2.05) is 0 Å². The van der Waals surface area contributed by atoms with Crippen molar-refractivity contribution in [3.63, 3.8) is 0 Å². The number of nitrogens with zero attached hydrogens (tertiary/aromatic N) is 1. The Hall–Kier alpha value is -1.30. The Balaban J connectivity index is 2.09. The summed E-state index contributed by atoms with van der Waals surface area (Å²) in [5.41, 5.74) is -1.37. The fourth-order valence-corrected chi connectivity index (χ4v) is 2.86. The molecular formula is C14H16ClF3N2O. The van der Waals surface area contributed by atoms with Crippen LogP contribution in [0.3, 0.4) is 0 Å². The Bertz CT molecular complexity index is 496. The minimum absolute atomic E-state index is 0.0296. The van der Waals surface area contributed by atoms with Gasteiger partial charge in [0.1, 0.15) is 5.69 Å². The molecule has 0 spiro atoms. The van der Waals surface area contributed by atoms with E-state index in [9.17, 15) is 18.0 Å². The lowest BCUT2D eigenvalue weighted by Gasteiger charge is -2.36. The summed E-state index contributed by atoms with van der Waals surface area (Å²) in [6.45, 7) is 0. The summed E-state index contributed by atoms with van der Waals surface area (Å²) in [5, 5.41) is 2.84. The minimum Gasteiger partial charge on any atom is -0.344 e. The van der Waals surface area contributed by atoms with E-state index in [-0.39, 0.29) is 5.69 Å². The molecule has 2 rings (SSSR count). The van der Waals surface area contributed by atoms with Gasteiger partial charge in [-0.25, -0.2) is 0 Å². The normalized spacial score (nSPS) is 18.3. The molecule has 0 unspecified atom stereocenters. The second kappa shape index (κ2) is 6.22. The summed E-state index contributed by atoms with van der Waals surface area (Å²) in [7, 11) is 0. The molecule has 1 fully saturated rings. The van der Waals surface area contributed by atoms with E-state index in [1.54, 1.807) is 0 Å². The van der Waals surface area contributed by atoms with Gasteiger partial charge >= 0.3 is 6.18 Å². The van der Waals surface area contributed by atoms with Gasteiger partial charge in [0.25, 0.3) is 5.91 Å². The van der Waals surface area contributed by atoms with Crippen molar-refractivity contribution in [2.45, 2.75) is 43.8 Å². The molecule has 116 valence electrons. The zero-order chi connectivity index (χ0) is 15.5. The van der Waals surface area contributed by atoms with E-state index in [0.717, 1.165) is 44.2 Å². The third-order valence-corrected chi connectivity index (χ3v) is 4.28. The number of hydrogen-bond acceptors (Lipinski definition) is 2. The van der Waals surface area contributed by atoms with Crippen LogP contribution >= 0.6 is 11.6 Å². The number of nitrogens with one attached hydrogen (secondary N) is 1. The lowest BCUT2D eigenvalue weighted by atomic mass is 9.83. The number of pyridine rings is 1. The number of aromatic nitrogens is 1. The first-order valence-corrected chi connectivity index (χ1v) is 7.31. The molecule has 1 N–H and O–H groups in total. The summed E-state index contributed by atoms with van der Waals surface area (Å²) in [6.07, 6.45) is 0.839. The fourth-order valence-electron chi connectivity index (χ4n) is 2.52. The second-order valence-corrected chi connectivity index (χ2v) is 5.63. The monoisotopic (exact) mass is 320 g/mol. The predicted octanol–water partition coefficient (Wildman–Crippen LogP) is 3.77. The van der Waals surface area contributed by atoms with Crippen LogP contribution in [0.2, 0.25) is 0 Å². The van der Waals surface area contributed by atoms with Crippen LogP contribution in [-0.2, 0) is 6.18 Å². The maximum absolute atomic E-state index is 12.5. The van der Waals surface area contributed by atoms with E-state index in [2.05, 4.69) is 10.3 Å². The molecule has 1 heterocycles. The highest BCUT2D eigenvalue weighted by Gasteiger charge is 2.34. The van der Waals surface area contributed by atoms with Gasteiger partial charge in [0, 0.05) is 12.1 Å². The van der Waals surface area contributed by atoms with Crippen LogP contribution in [0.4, 0.5) is 13.2 Å². The minimum atomic E-state index is -4.46. The fraction of sp³-hybridized carbons (Fsp3) is 0.571. The number of halogens is 4. The molecule has 1 amide bonds. The van der Waals surface area contributed by atoms with E-state index >= 15 is 0 Å². The van der Waals surface area contributed by atoms with Crippen molar-refractivity contribution in [1.29, 1.82) is 0 Å². The van der Waals surface area contributed by atoms with Gasteiger partial charge in [-0.15, -0.1) is 11.6 Å². The molecule has 7 heteroatoms. The topological polar surface area (TPSA) is 42.0 Å². The van der Waals surface area contributed by atoms with Crippen molar-refractivity contribution in [2.75, 3.05) is 5.88 Å². The summed E-state index contributed by atoms with van der Waals surface area (Å²) >= 11 is 5.97. The molecule has 1 aromatic rings. The Kier molecular flexibility index (Phi) is 4.76. The van der Waals surface area contributed by atoms with Crippen molar-refractivity contribution < 1.29 is 18.0 Å². The van der Waals surface area contributed by atoms with Gasteiger partial charge in [0.15, 0.2) is 0 Å². The van der Waals surface area contributed by atoms with Gasteiger partial charge in [0.05, 0.1) is 11.1 Å². The van der Waals surface area contributed by atoms with E-state index in [1.165, 1.54) is 0 Å². The number of rotatable bonds is 3. The number of hydrogen-bond donors (Lipinski definition) is 1. The molecule has 0 aliphatic heterocycles. The summed E-state index contributed by atoms with van der Waals surface area (Å²) in [6, 6.07) is 1.94. The molecule has 1 aliphatic rings. The zero-order valence-electron chi connectivity index (χ0n) is 11.3. The van der Waals surface area contributed by atoms with Crippen molar-refractivity contribution in [3.8, 4) is 0 Å². The Morgan fingerprint density at radius 3 is 2.43 bits per heavy atom. The number of carbonyl (C=O) groups excluding carboxylic acids is 1. The summed E-state index contributed by atoms with van der Waals surface area (Å²) < 4.78 is 37.4. The SMILES string of the molecule is O=C(NC1(CCl)CCCCC1)c1ccc(C(F)(F)F)cn1. The van der Waals surface area contributed by atoms with Crippen LogP contribution in [0.1, 0.15) is 48.2 Å². The van der Waals surface area contributed by atoms with Crippen LogP contribution < -0.4 is 5.32 Å². The molecule has 0 radical (unpaired) electrons. The third-order valence-electron chi connectivity index (χ3n) is 3.77. The lowest BCUT2D eigenvalue weighted by Crippen LogP contribution is -2.51. The molecule has 1 aliphatic carbocycles. The van der Waals surface area contributed by atoms with Gasteiger partial charge in [0.2, 0.25) is 0 Å². The van der Waals surface area contributed by atoms with Crippen molar-refractivity contribution in [3.05, 3.63) is 29.6 Å². The molecule has 0 saturated heterocycles. The zero-order valence-corrected chi connectivity index (χ0v) is 12.1. The van der Waals surface area contributed by atoms with Gasteiger partial charge in [-0.2, -0.15) is 13.2 Å². The van der Waals surface area contributed by atoms with Gasteiger partial charge < -0.3 is 5.32 Å². The molecule has 0 aromatic carbocycles. The van der Waals surface area contributed by atoms with Gasteiger partial charge in [-0.3, -0.25) is 9.78 Å². The maximum Gasteiger partial charge on any atom is 0.417 e. The number of alkyl halides is 4. The third kappa shape index (κ3) is 3.87. The van der Waals surface area contributed by atoms with E-state index < -0.39 is 23.2 Å². The van der Waals surface area contributed by atoms with Gasteiger partial charge in [-0.05, 0) is 25.0 Å². The first kappa shape index (κ1) is 16.1. The average molecular weight is 321 g/mol. The second-order valence-electron chi connectivity index (χ2n) is 5.36. The standard InChI is InChI=1S/C14H16ClF3N2O/c15-9-13(6-2-1-3-7-13)20-12(21)11-5-4-10(8-19-11)14(16,17)18/h4-5,8H,1-3,6-7,9H2,(H,20,21). The average Bonchev–Trinajstić information content (AvgIpc) is 2.47. The lowest BCUT2D eigenvalue weighted by molar-refractivity contribution is -0.137. The van der Waals surface area contributed by atoms with Crippen LogP contribution in [0, 0.1) is 0 Å². The smallest absolute Gasteiger partial charge is 0.344 e. The highest BCUT2D eigenvalue weighted by Crippen LogP contribution is 2.30. The van der Waals surface area contributed by atoms with Crippen LogP contribution in [0.15, 0.2) is 18.3 Å². The molecule has 0 atom stereocenters. The van der Waals surface area contributed by atoms with E-state index in [4.69, 9.17) is 11.6 Å². The molecule has 21 heavy (non-hydrogen) atoms. The molecule has 3 nitrogen and oxygen atoms in total. The first-order valence-electron chi connectivity index (χ1n) is 6.78. The Morgan fingerprint density at radius 2 is 1.95 bits per heavy atom. The highest BCUT2D eigenvalue weighted by atomic mass is 35.5. The van der Waals surface area contributed by atoms with E-state index in [0.29, 0.717) is 12.1 Å². The van der Waals surface area contributed by atoms with Crippen molar-refractivity contribution >= 4 is 17.5 Å². The summed E-state index contributed by atoms with van der Waals surface area (Å²) in [4.78, 5) is 15.7. The molecule has 1 saturated carbocycles. The Morgan fingerprint density at radius 1 is 1.29 bits per heavy atom. The Labute approximate surface area is 125 Å². The van der Waals surface area contributed by atoms with Crippen LogP contribution in [0.5, 0.6) is 0 Å². The molecular weight excluding hydrogens is 305 g/mol. The highest BCUT2D eigenvalue weighted by molar-refractivity contribution is 6.18. The first-order chi connectivity index (χ1) is 9.86. The number of carbonyl (C=O) groups is 1. The predicted molar refractivity (Wildman–Crippen MR) is 73.2 cm³/mol. The van der Waals surface area contributed by atoms with Crippen molar-refractivity contribution in [1.82, 2.24) is 10.3 Å². The number of amides is 1. The molecule has 0 bridgehead atoms. The van der Waals surface area contributed by atoms with Crippen molar-refractivity contribution in [2.24, 2.45) is 0 Å². The maximum atomic E-state index is 12.5. The summed E-state index contributed by atoms with van der Waals surface area (Å²) in [5.74, 6) is -0.189. The van der Waals surface area contributed by atoms with Crippen LogP contribution in [0.25, 0.3) is 0 Å². The molecule has 1 aromatic heterocycles. The largest absolute Gasteiger partial charge is 0.417 e. The van der Waals surface area contributed by atoms with Gasteiger partial charge in [-0.1, -0.05) is 19.3 Å².